The van der Waals surface area contributed by atoms with Gasteiger partial charge in [-0.25, -0.2) is 4.98 Å². The summed E-state index contributed by atoms with van der Waals surface area (Å²) in [5.74, 6) is -0.0164. The Kier molecular flexibility index (Phi) is 5.30. The summed E-state index contributed by atoms with van der Waals surface area (Å²) >= 11 is 1.47. The summed E-state index contributed by atoms with van der Waals surface area (Å²) in [4.78, 5) is 19.2. The topological polar surface area (TPSA) is 54.5 Å². The van der Waals surface area contributed by atoms with E-state index >= 15 is 0 Å². The molecule has 0 spiro atoms. The second-order valence-corrected chi connectivity index (χ2v) is 5.79. The van der Waals surface area contributed by atoms with Crippen LogP contribution in [-0.4, -0.2) is 54.7 Å². The number of rotatable bonds is 5. The van der Waals surface area contributed by atoms with E-state index in [-0.39, 0.29) is 5.91 Å². The molecule has 0 aliphatic carbocycles. The van der Waals surface area contributed by atoms with Gasteiger partial charge in [-0.05, 0) is 13.3 Å². The van der Waals surface area contributed by atoms with Gasteiger partial charge in [0, 0.05) is 25.7 Å². The lowest BCUT2D eigenvalue weighted by molar-refractivity contribution is 0.0204. The van der Waals surface area contributed by atoms with Crippen molar-refractivity contribution in [2.24, 2.45) is 0 Å². The highest BCUT2D eigenvalue weighted by Crippen LogP contribution is 2.13. The third kappa shape index (κ3) is 3.99. The van der Waals surface area contributed by atoms with Crippen LogP contribution in [-0.2, 0) is 11.2 Å². The lowest BCUT2D eigenvalue weighted by Gasteiger charge is -2.32. The first-order chi connectivity index (χ1) is 9.20. The van der Waals surface area contributed by atoms with Crippen LogP contribution in [0.5, 0.6) is 0 Å². The van der Waals surface area contributed by atoms with Crippen molar-refractivity contribution in [2.75, 3.05) is 32.8 Å². The first-order valence-corrected chi connectivity index (χ1v) is 7.57. The van der Waals surface area contributed by atoms with E-state index in [1.807, 2.05) is 6.92 Å². The minimum absolute atomic E-state index is 0.0164. The van der Waals surface area contributed by atoms with E-state index in [1.165, 1.54) is 11.3 Å². The van der Waals surface area contributed by atoms with Crippen LogP contribution in [0.4, 0.5) is 0 Å². The number of morpholine rings is 1. The number of ether oxygens (including phenoxy) is 1. The van der Waals surface area contributed by atoms with E-state index in [4.69, 9.17) is 4.74 Å². The van der Waals surface area contributed by atoms with Gasteiger partial charge < -0.3 is 10.1 Å². The Morgan fingerprint density at radius 1 is 1.58 bits per heavy atom. The molecule has 1 aliphatic heterocycles. The van der Waals surface area contributed by atoms with Gasteiger partial charge in [-0.3, -0.25) is 9.69 Å². The van der Waals surface area contributed by atoms with Crippen molar-refractivity contribution < 1.29 is 9.53 Å². The van der Waals surface area contributed by atoms with Crippen LogP contribution in [0.3, 0.4) is 0 Å². The molecule has 106 valence electrons. The number of nitrogens with one attached hydrogen (secondary N) is 1. The van der Waals surface area contributed by atoms with Gasteiger partial charge in [-0.2, -0.15) is 0 Å². The van der Waals surface area contributed by atoms with Crippen LogP contribution < -0.4 is 5.32 Å². The Morgan fingerprint density at radius 3 is 2.95 bits per heavy atom. The summed E-state index contributed by atoms with van der Waals surface area (Å²) in [6.07, 6.45) is 2.54. The smallest absolute Gasteiger partial charge is 0.263 e. The highest BCUT2D eigenvalue weighted by Gasteiger charge is 2.18. The molecule has 0 aromatic carbocycles. The maximum Gasteiger partial charge on any atom is 0.263 e. The first kappa shape index (κ1) is 14.4. The number of nitrogens with zero attached hydrogens (tertiary/aromatic N) is 2. The number of aromatic nitrogens is 1. The monoisotopic (exact) mass is 283 g/mol. The van der Waals surface area contributed by atoms with Gasteiger partial charge in [0.1, 0.15) is 4.88 Å². The van der Waals surface area contributed by atoms with E-state index in [0.29, 0.717) is 17.5 Å². The normalized spacial score (nSPS) is 18.2. The van der Waals surface area contributed by atoms with Crippen molar-refractivity contribution in [1.82, 2.24) is 15.2 Å². The van der Waals surface area contributed by atoms with E-state index in [2.05, 4.69) is 22.1 Å². The third-order valence-electron chi connectivity index (χ3n) is 3.31. The van der Waals surface area contributed by atoms with Crippen molar-refractivity contribution in [3.05, 3.63) is 16.1 Å². The molecule has 2 rings (SSSR count). The number of carbonyl (C=O) groups excluding carboxylic acids is 1. The lowest BCUT2D eigenvalue weighted by Crippen LogP contribution is -2.47. The fraction of sp³-hybridized carbons (Fsp3) is 0.692. The minimum Gasteiger partial charge on any atom is -0.379 e. The molecule has 1 atom stereocenters. The predicted octanol–water partition coefficient (Wildman–Crippen LogP) is 1.16. The summed E-state index contributed by atoms with van der Waals surface area (Å²) in [5, 5.41) is 3.99. The van der Waals surface area contributed by atoms with Crippen molar-refractivity contribution in [1.29, 1.82) is 0 Å². The molecule has 0 bridgehead atoms. The van der Waals surface area contributed by atoms with Gasteiger partial charge in [0.05, 0.1) is 24.4 Å². The molecule has 1 aromatic heterocycles. The molecule has 5 nitrogen and oxygen atoms in total. The molecule has 19 heavy (non-hydrogen) atoms. The maximum atomic E-state index is 12.0. The molecule has 0 saturated carbocycles. The summed E-state index contributed by atoms with van der Waals surface area (Å²) in [6.45, 7) is 8.30. The quantitative estimate of drug-likeness (QED) is 0.881. The highest BCUT2D eigenvalue weighted by atomic mass is 32.1. The summed E-state index contributed by atoms with van der Waals surface area (Å²) in [7, 11) is 0. The zero-order valence-electron chi connectivity index (χ0n) is 11.5. The van der Waals surface area contributed by atoms with Crippen molar-refractivity contribution in [3.63, 3.8) is 0 Å². The summed E-state index contributed by atoms with van der Waals surface area (Å²) in [6, 6.07) is 0.339. The number of hydrogen-bond donors (Lipinski definition) is 1. The number of thiazole rings is 1. The molecule has 2 heterocycles. The number of aryl methyl sites for hydroxylation is 1. The Morgan fingerprint density at radius 2 is 2.32 bits per heavy atom. The van der Waals surface area contributed by atoms with Crippen molar-refractivity contribution in [3.8, 4) is 0 Å². The molecule has 1 unspecified atom stereocenters. The minimum atomic E-state index is -0.0164. The summed E-state index contributed by atoms with van der Waals surface area (Å²) in [5.41, 5.74) is 0. The molecule has 1 fully saturated rings. The average Bonchev–Trinajstić information content (AvgIpc) is 2.94. The van der Waals surface area contributed by atoms with E-state index in [0.717, 1.165) is 37.7 Å². The molecule has 1 N–H and O–H groups in total. The Hall–Kier alpha value is -0.980. The average molecular weight is 283 g/mol. The van der Waals surface area contributed by atoms with Crippen molar-refractivity contribution in [2.45, 2.75) is 26.3 Å². The molecule has 1 aromatic rings. The van der Waals surface area contributed by atoms with Crippen LogP contribution in [0, 0.1) is 0 Å². The first-order valence-electron chi connectivity index (χ1n) is 6.75. The molecule has 6 heteroatoms. The fourth-order valence-corrected chi connectivity index (χ4v) is 2.83. The Balaban J connectivity index is 1.79. The zero-order chi connectivity index (χ0) is 13.7. The number of carbonyl (C=O) groups is 1. The number of amides is 1. The van der Waals surface area contributed by atoms with Crippen LogP contribution in [0.15, 0.2) is 6.20 Å². The molecule has 1 aliphatic rings. The van der Waals surface area contributed by atoms with Crippen molar-refractivity contribution >= 4 is 17.2 Å². The van der Waals surface area contributed by atoms with E-state index in [1.54, 1.807) is 6.20 Å². The van der Waals surface area contributed by atoms with Crippen LogP contribution >= 0.6 is 11.3 Å². The lowest BCUT2D eigenvalue weighted by atomic mass is 10.2. The van der Waals surface area contributed by atoms with Gasteiger partial charge in [-0.15, -0.1) is 11.3 Å². The highest BCUT2D eigenvalue weighted by molar-refractivity contribution is 7.13. The van der Waals surface area contributed by atoms with Gasteiger partial charge in [0.2, 0.25) is 0 Å². The molecule has 1 amide bonds. The fourth-order valence-electron chi connectivity index (χ4n) is 2.05. The third-order valence-corrected chi connectivity index (χ3v) is 4.45. The Bertz CT molecular complexity index is 416. The zero-order valence-corrected chi connectivity index (χ0v) is 12.3. The van der Waals surface area contributed by atoms with Crippen LogP contribution in [0.1, 0.15) is 28.5 Å². The van der Waals surface area contributed by atoms with E-state index in [9.17, 15) is 4.79 Å². The molecular formula is C13H21N3O2S. The van der Waals surface area contributed by atoms with E-state index < -0.39 is 0 Å². The van der Waals surface area contributed by atoms with Crippen LogP contribution in [0.25, 0.3) is 0 Å². The molecular weight excluding hydrogens is 262 g/mol. The predicted molar refractivity (Wildman–Crippen MR) is 75.7 cm³/mol. The molecule has 1 saturated heterocycles. The maximum absolute atomic E-state index is 12.0. The molecule has 0 radical (unpaired) electrons. The van der Waals surface area contributed by atoms with Gasteiger partial charge in [0.25, 0.3) is 5.91 Å². The SMILES string of the molecule is CCc1ncc(C(=O)NCC(C)N2CCOCC2)s1. The van der Waals surface area contributed by atoms with Gasteiger partial charge in [-0.1, -0.05) is 6.92 Å². The Labute approximate surface area is 118 Å². The van der Waals surface area contributed by atoms with Gasteiger partial charge >= 0.3 is 0 Å². The second-order valence-electron chi connectivity index (χ2n) is 4.68. The summed E-state index contributed by atoms with van der Waals surface area (Å²) < 4.78 is 5.32. The van der Waals surface area contributed by atoms with Gasteiger partial charge in [0.15, 0.2) is 0 Å². The standard InChI is InChI=1S/C13H21N3O2S/c1-3-12-14-9-11(19-12)13(17)15-8-10(2)16-4-6-18-7-5-16/h9-10H,3-8H2,1-2H3,(H,15,17). The number of hydrogen-bond acceptors (Lipinski definition) is 5. The second kappa shape index (κ2) is 6.98. The largest absolute Gasteiger partial charge is 0.379 e. The van der Waals surface area contributed by atoms with Crippen LogP contribution in [0.2, 0.25) is 0 Å².